The summed E-state index contributed by atoms with van der Waals surface area (Å²) in [6.07, 6.45) is 1.78. The summed E-state index contributed by atoms with van der Waals surface area (Å²) in [5, 5.41) is 3.13. The maximum Gasteiger partial charge on any atom is 0.255 e. The van der Waals surface area contributed by atoms with Crippen LogP contribution in [0, 0.1) is 5.82 Å². The fraction of sp³-hybridized carbons (Fsp3) is 0.263. The molecule has 0 spiro atoms. The van der Waals surface area contributed by atoms with E-state index in [-0.39, 0.29) is 10.5 Å². The van der Waals surface area contributed by atoms with E-state index in [9.17, 15) is 17.6 Å². The van der Waals surface area contributed by atoms with E-state index in [4.69, 9.17) is 5.73 Å². The van der Waals surface area contributed by atoms with Gasteiger partial charge in [0.05, 0.1) is 10.4 Å². The first-order valence-corrected chi connectivity index (χ1v) is 11.4. The molecule has 2 aromatic carbocycles. The molecule has 1 aliphatic rings. The summed E-state index contributed by atoms with van der Waals surface area (Å²) < 4.78 is 37.4. The van der Waals surface area contributed by atoms with Crippen LogP contribution in [0.1, 0.15) is 29.3 Å². The molecule has 28 heavy (non-hydrogen) atoms. The highest BCUT2D eigenvalue weighted by molar-refractivity contribution is 8.13. The van der Waals surface area contributed by atoms with Crippen LogP contribution in [0.25, 0.3) is 0 Å². The minimum Gasteiger partial charge on any atom is -0.379 e. The zero-order valence-electron chi connectivity index (χ0n) is 15.4. The Morgan fingerprint density at radius 2 is 1.93 bits per heavy atom. The zero-order chi connectivity index (χ0) is 20.5. The van der Waals surface area contributed by atoms with E-state index >= 15 is 0 Å². The minimum atomic E-state index is -3.52. The Labute approximate surface area is 167 Å². The van der Waals surface area contributed by atoms with Gasteiger partial charge < -0.3 is 11.1 Å². The van der Waals surface area contributed by atoms with Crippen molar-refractivity contribution in [3.8, 4) is 0 Å². The number of amidine groups is 1. The van der Waals surface area contributed by atoms with Crippen molar-refractivity contribution in [2.45, 2.75) is 23.8 Å². The highest BCUT2D eigenvalue weighted by Gasteiger charge is 2.31. The number of benzene rings is 2. The van der Waals surface area contributed by atoms with Crippen LogP contribution in [-0.4, -0.2) is 31.5 Å². The second kappa shape index (κ2) is 7.56. The Hall–Kier alpha value is -2.39. The summed E-state index contributed by atoms with van der Waals surface area (Å²) in [6.45, 7) is 1.88. The quantitative estimate of drug-likeness (QED) is 0.790. The lowest BCUT2D eigenvalue weighted by Crippen LogP contribution is -2.29. The van der Waals surface area contributed by atoms with Gasteiger partial charge in [0, 0.05) is 23.3 Å². The van der Waals surface area contributed by atoms with Gasteiger partial charge in [-0.15, -0.1) is 0 Å². The van der Waals surface area contributed by atoms with E-state index in [1.54, 1.807) is 12.1 Å². The second-order valence-electron chi connectivity index (χ2n) is 6.80. The number of anilines is 1. The average molecular weight is 422 g/mol. The number of aliphatic imine (C=N–C) groups is 1. The predicted octanol–water partition coefficient (Wildman–Crippen LogP) is 3.15. The predicted molar refractivity (Wildman–Crippen MR) is 110 cm³/mol. The Morgan fingerprint density at radius 1 is 1.25 bits per heavy atom. The number of nitrogens with one attached hydrogen (secondary N) is 1. The van der Waals surface area contributed by atoms with Crippen molar-refractivity contribution in [1.29, 1.82) is 0 Å². The number of hydrogen-bond donors (Lipinski definition) is 2. The molecule has 2 aromatic rings. The summed E-state index contributed by atoms with van der Waals surface area (Å²) >= 11 is 1.45. The number of rotatable bonds is 4. The summed E-state index contributed by atoms with van der Waals surface area (Å²) in [7, 11) is -3.52. The number of carbonyl (C=O) groups excluding carboxylic acids is 1. The van der Waals surface area contributed by atoms with Crippen molar-refractivity contribution in [3.05, 3.63) is 59.4 Å². The van der Waals surface area contributed by atoms with Crippen molar-refractivity contribution in [2.75, 3.05) is 17.3 Å². The molecule has 0 bridgehead atoms. The maximum absolute atomic E-state index is 13.1. The van der Waals surface area contributed by atoms with Gasteiger partial charge in [-0.2, -0.15) is 0 Å². The van der Waals surface area contributed by atoms with E-state index in [2.05, 4.69) is 10.3 Å². The molecule has 0 aromatic heterocycles. The molecule has 148 valence electrons. The number of thioether (sulfide) groups is 1. The van der Waals surface area contributed by atoms with E-state index in [0.29, 0.717) is 22.8 Å². The van der Waals surface area contributed by atoms with Gasteiger partial charge in [-0.05, 0) is 61.4 Å². The summed E-state index contributed by atoms with van der Waals surface area (Å²) in [6, 6.07) is 9.75. The topological polar surface area (TPSA) is 102 Å². The lowest BCUT2D eigenvalue weighted by atomic mass is 9.89. The van der Waals surface area contributed by atoms with Crippen molar-refractivity contribution in [1.82, 2.24) is 0 Å². The number of nitrogens with zero attached hydrogens (tertiary/aromatic N) is 1. The van der Waals surface area contributed by atoms with E-state index in [1.807, 2.05) is 6.92 Å². The highest BCUT2D eigenvalue weighted by atomic mass is 32.2. The number of nitrogens with two attached hydrogens (primary N) is 1. The van der Waals surface area contributed by atoms with Crippen LogP contribution in [0.15, 0.2) is 52.4 Å². The number of hydrogen-bond acceptors (Lipinski definition) is 6. The van der Waals surface area contributed by atoms with Gasteiger partial charge in [0.15, 0.2) is 15.0 Å². The van der Waals surface area contributed by atoms with Gasteiger partial charge in [-0.25, -0.2) is 12.8 Å². The Kier molecular flexibility index (Phi) is 5.49. The molecule has 0 saturated carbocycles. The standard InChI is InChI=1S/C19H20FN3O3S2/c1-19(7-8-27-18(21)23-19)13-9-15(11-16(10-13)28(2,25)26)22-17(24)12-3-5-14(20)6-4-12/h3-6,9-11H,7-8H2,1-2H3,(H2,21,23)(H,22,24). The number of amides is 1. The fourth-order valence-electron chi connectivity index (χ4n) is 2.90. The van der Waals surface area contributed by atoms with Crippen molar-refractivity contribution >= 4 is 38.4 Å². The van der Waals surface area contributed by atoms with Crippen LogP contribution in [0.3, 0.4) is 0 Å². The molecule has 6 nitrogen and oxygen atoms in total. The molecule has 3 N–H and O–H groups in total. The van der Waals surface area contributed by atoms with Crippen molar-refractivity contribution < 1.29 is 17.6 Å². The first kappa shape index (κ1) is 20.3. The Balaban J connectivity index is 2.02. The molecule has 0 saturated heterocycles. The Morgan fingerprint density at radius 3 is 2.54 bits per heavy atom. The van der Waals surface area contributed by atoms with Crippen LogP contribution >= 0.6 is 11.8 Å². The molecule has 0 fully saturated rings. The van der Waals surface area contributed by atoms with Gasteiger partial charge in [0.2, 0.25) is 0 Å². The molecular formula is C19H20FN3O3S2. The van der Waals surface area contributed by atoms with Gasteiger partial charge >= 0.3 is 0 Å². The lowest BCUT2D eigenvalue weighted by Gasteiger charge is -2.30. The summed E-state index contributed by atoms with van der Waals surface area (Å²) in [5.41, 5.74) is 6.41. The van der Waals surface area contributed by atoms with Crippen LogP contribution in [-0.2, 0) is 15.4 Å². The van der Waals surface area contributed by atoms with E-state index in [1.165, 1.54) is 42.1 Å². The van der Waals surface area contributed by atoms with Crippen molar-refractivity contribution in [2.24, 2.45) is 10.7 Å². The fourth-order valence-corrected chi connectivity index (χ4v) is 4.55. The van der Waals surface area contributed by atoms with E-state index in [0.717, 1.165) is 12.0 Å². The van der Waals surface area contributed by atoms with Gasteiger partial charge in [0.25, 0.3) is 5.91 Å². The third kappa shape index (κ3) is 4.53. The third-order valence-corrected chi connectivity index (χ3v) is 6.40. The van der Waals surface area contributed by atoms with Gasteiger partial charge in [-0.3, -0.25) is 9.79 Å². The number of halogens is 1. The van der Waals surface area contributed by atoms with Crippen LogP contribution in [0.5, 0.6) is 0 Å². The average Bonchev–Trinajstić information content (AvgIpc) is 2.61. The molecule has 0 radical (unpaired) electrons. The monoisotopic (exact) mass is 421 g/mol. The molecule has 1 aliphatic heterocycles. The largest absolute Gasteiger partial charge is 0.379 e. The molecular weight excluding hydrogens is 401 g/mol. The lowest BCUT2D eigenvalue weighted by molar-refractivity contribution is 0.102. The first-order chi connectivity index (χ1) is 13.1. The molecule has 1 heterocycles. The SMILES string of the molecule is CC1(c2cc(NC(=O)c3ccc(F)cc3)cc(S(C)(=O)=O)c2)CCSC(N)=N1. The second-order valence-corrected chi connectivity index (χ2v) is 9.93. The summed E-state index contributed by atoms with van der Waals surface area (Å²) in [5.74, 6) is -0.160. The molecule has 1 unspecified atom stereocenters. The molecule has 1 amide bonds. The molecule has 9 heteroatoms. The summed E-state index contributed by atoms with van der Waals surface area (Å²) in [4.78, 5) is 17.1. The number of sulfone groups is 1. The zero-order valence-corrected chi connectivity index (χ0v) is 17.0. The maximum atomic E-state index is 13.1. The first-order valence-electron chi connectivity index (χ1n) is 8.47. The molecule has 1 atom stereocenters. The van der Waals surface area contributed by atoms with Crippen LogP contribution < -0.4 is 11.1 Å². The smallest absolute Gasteiger partial charge is 0.255 e. The highest BCUT2D eigenvalue weighted by Crippen LogP contribution is 2.37. The van der Waals surface area contributed by atoms with Gasteiger partial charge in [0.1, 0.15) is 5.82 Å². The normalized spacial score (nSPS) is 19.8. The Bertz CT molecular complexity index is 1050. The minimum absolute atomic E-state index is 0.0765. The molecule has 3 rings (SSSR count). The van der Waals surface area contributed by atoms with E-state index < -0.39 is 27.1 Å². The van der Waals surface area contributed by atoms with Crippen LogP contribution in [0.4, 0.5) is 10.1 Å². The number of carbonyl (C=O) groups is 1. The van der Waals surface area contributed by atoms with Gasteiger partial charge in [-0.1, -0.05) is 11.8 Å². The molecule has 0 aliphatic carbocycles. The third-order valence-electron chi connectivity index (χ3n) is 4.52. The van der Waals surface area contributed by atoms with Crippen molar-refractivity contribution in [3.63, 3.8) is 0 Å². The van der Waals surface area contributed by atoms with Crippen LogP contribution in [0.2, 0.25) is 0 Å².